The molecule has 0 unspecified atom stereocenters. The Kier molecular flexibility index (Phi) is 5.48. The molecule has 1 aliphatic carbocycles. The second-order valence-electron chi connectivity index (χ2n) is 9.14. The number of benzene rings is 1. The van der Waals surface area contributed by atoms with Gasteiger partial charge in [0.15, 0.2) is 11.2 Å². The van der Waals surface area contributed by atoms with Crippen LogP contribution in [0.15, 0.2) is 42.9 Å². The first-order chi connectivity index (χ1) is 16.2. The van der Waals surface area contributed by atoms with Crippen LogP contribution < -0.4 is 4.74 Å². The predicted octanol–water partition coefficient (Wildman–Crippen LogP) is 4.53. The first-order valence-corrected chi connectivity index (χ1v) is 11.5. The van der Waals surface area contributed by atoms with Crippen molar-refractivity contribution in [3.8, 4) is 17.3 Å². The maximum Gasteiger partial charge on any atom is 0.253 e. The fourth-order valence-corrected chi connectivity index (χ4v) is 4.06. The van der Waals surface area contributed by atoms with Gasteiger partial charge in [-0.05, 0) is 62.6 Å². The number of aryl methyl sites for hydroxylation is 1. The Balaban J connectivity index is 1.67. The van der Waals surface area contributed by atoms with Crippen LogP contribution in [0, 0.1) is 6.92 Å². The van der Waals surface area contributed by atoms with Crippen molar-refractivity contribution in [3.63, 3.8) is 0 Å². The number of amides is 1. The van der Waals surface area contributed by atoms with Crippen LogP contribution >= 0.6 is 11.6 Å². The number of nitrogens with zero attached hydrogens (tertiary/aromatic N) is 6. The predicted molar refractivity (Wildman–Crippen MR) is 130 cm³/mol. The molecule has 0 aliphatic heterocycles. The number of hydrogen-bond acceptors (Lipinski definition) is 6. The van der Waals surface area contributed by atoms with Gasteiger partial charge >= 0.3 is 0 Å². The summed E-state index contributed by atoms with van der Waals surface area (Å²) < 4.78 is 8.15. The number of fused-ring (bicyclic) bond motifs is 1. The number of pyridine rings is 1. The second kappa shape index (κ2) is 8.36. The molecule has 3 aromatic heterocycles. The Morgan fingerprint density at radius 1 is 1.18 bits per heavy atom. The largest absolute Gasteiger partial charge is 0.470 e. The van der Waals surface area contributed by atoms with E-state index in [1.165, 1.54) is 11.2 Å². The highest BCUT2D eigenvalue weighted by Gasteiger charge is 2.41. The SMILES string of the molecule is Cc1ccnc(Cn2c(-c3ccc(C(=O)N(C)C)cc3Cl)nc3c(OC4(C)CC4)ncnc32)c1. The van der Waals surface area contributed by atoms with Crippen molar-refractivity contribution in [1.29, 1.82) is 0 Å². The summed E-state index contributed by atoms with van der Waals surface area (Å²) in [6.07, 6.45) is 5.24. The van der Waals surface area contributed by atoms with Gasteiger partial charge in [-0.3, -0.25) is 9.78 Å². The summed E-state index contributed by atoms with van der Waals surface area (Å²) in [7, 11) is 3.41. The van der Waals surface area contributed by atoms with Gasteiger partial charge in [-0.15, -0.1) is 0 Å². The van der Waals surface area contributed by atoms with E-state index in [9.17, 15) is 4.79 Å². The number of halogens is 1. The molecule has 9 heteroatoms. The molecule has 0 radical (unpaired) electrons. The van der Waals surface area contributed by atoms with E-state index in [-0.39, 0.29) is 11.5 Å². The third-order valence-electron chi connectivity index (χ3n) is 5.95. The topological polar surface area (TPSA) is 86.0 Å². The van der Waals surface area contributed by atoms with Gasteiger partial charge in [0, 0.05) is 31.4 Å². The summed E-state index contributed by atoms with van der Waals surface area (Å²) in [6.45, 7) is 4.53. The van der Waals surface area contributed by atoms with Gasteiger partial charge in [-0.25, -0.2) is 9.97 Å². The van der Waals surface area contributed by atoms with Crippen LogP contribution in [0.4, 0.5) is 0 Å². The molecule has 1 amide bonds. The Hall–Kier alpha value is -3.52. The number of imidazole rings is 1. The third-order valence-corrected chi connectivity index (χ3v) is 6.26. The zero-order valence-corrected chi connectivity index (χ0v) is 20.3. The van der Waals surface area contributed by atoms with Crippen molar-refractivity contribution >= 4 is 28.7 Å². The van der Waals surface area contributed by atoms with Gasteiger partial charge in [0.25, 0.3) is 5.91 Å². The van der Waals surface area contributed by atoms with E-state index < -0.39 is 0 Å². The van der Waals surface area contributed by atoms with Crippen molar-refractivity contribution in [2.75, 3.05) is 14.1 Å². The molecule has 174 valence electrons. The highest BCUT2D eigenvalue weighted by molar-refractivity contribution is 6.33. The fourth-order valence-electron chi connectivity index (χ4n) is 3.79. The Bertz CT molecular complexity index is 1410. The van der Waals surface area contributed by atoms with E-state index in [1.807, 2.05) is 29.7 Å². The van der Waals surface area contributed by atoms with Crippen molar-refractivity contribution in [2.45, 2.75) is 38.8 Å². The molecule has 1 saturated carbocycles. The standard InChI is InChI=1S/C25H25ClN6O2/c1-15-7-10-27-17(11-15)13-32-21(18-6-5-16(12-19(18)26)24(33)31(3)4)30-20-22(32)28-14-29-23(20)34-25(2)8-9-25/h5-7,10-12,14H,8-9,13H2,1-4H3. The number of carbonyl (C=O) groups excluding carboxylic acids is 1. The van der Waals surface area contributed by atoms with Crippen LogP contribution in [0.1, 0.15) is 41.4 Å². The second-order valence-corrected chi connectivity index (χ2v) is 9.55. The summed E-state index contributed by atoms with van der Waals surface area (Å²) in [5.74, 6) is 0.946. The molecular formula is C25H25ClN6O2. The van der Waals surface area contributed by atoms with Gasteiger partial charge in [-0.2, -0.15) is 4.98 Å². The van der Waals surface area contributed by atoms with E-state index in [0.717, 1.165) is 24.1 Å². The quantitative estimate of drug-likeness (QED) is 0.406. The molecule has 3 heterocycles. The zero-order valence-electron chi connectivity index (χ0n) is 19.5. The molecular weight excluding hydrogens is 452 g/mol. The molecule has 1 fully saturated rings. The smallest absolute Gasteiger partial charge is 0.253 e. The first-order valence-electron chi connectivity index (χ1n) is 11.1. The summed E-state index contributed by atoms with van der Waals surface area (Å²) in [4.78, 5) is 32.2. The van der Waals surface area contributed by atoms with Crippen LogP contribution in [0.2, 0.25) is 5.02 Å². The summed E-state index contributed by atoms with van der Waals surface area (Å²) in [5, 5.41) is 0.422. The summed E-state index contributed by atoms with van der Waals surface area (Å²) in [5.41, 5.74) is 4.17. The molecule has 0 spiro atoms. The first kappa shape index (κ1) is 22.3. The lowest BCUT2D eigenvalue weighted by Crippen LogP contribution is -2.21. The zero-order chi connectivity index (χ0) is 24.0. The lowest BCUT2D eigenvalue weighted by atomic mass is 10.1. The lowest BCUT2D eigenvalue weighted by molar-refractivity contribution is 0.0827. The van der Waals surface area contributed by atoms with Crippen LogP contribution in [-0.4, -0.2) is 55.0 Å². The van der Waals surface area contributed by atoms with Crippen LogP contribution in [0.3, 0.4) is 0 Å². The highest BCUT2D eigenvalue weighted by Crippen LogP contribution is 2.41. The monoisotopic (exact) mass is 476 g/mol. The van der Waals surface area contributed by atoms with Crippen molar-refractivity contribution < 1.29 is 9.53 Å². The van der Waals surface area contributed by atoms with Gasteiger partial charge < -0.3 is 14.2 Å². The molecule has 1 aromatic carbocycles. The minimum atomic E-state index is -0.213. The van der Waals surface area contributed by atoms with Crippen LogP contribution in [-0.2, 0) is 6.54 Å². The van der Waals surface area contributed by atoms with Gasteiger partial charge in [0.1, 0.15) is 17.8 Å². The van der Waals surface area contributed by atoms with Gasteiger partial charge in [-0.1, -0.05) is 11.6 Å². The number of ether oxygens (including phenoxy) is 1. The maximum atomic E-state index is 12.4. The molecule has 0 bridgehead atoms. The van der Waals surface area contributed by atoms with Crippen molar-refractivity contribution in [2.24, 2.45) is 0 Å². The van der Waals surface area contributed by atoms with Crippen molar-refractivity contribution in [3.05, 3.63) is 64.7 Å². The molecule has 5 rings (SSSR count). The number of hydrogen-bond donors (Lipinski definition) is 0. The average molecular weight is 477 g/mol. The fraction of sp³-hybridized carbons (Fsp3) is 0.320. The van der Waals surface area contributed by atoms with E-state index >= 15 is 0 Å². The van der Waals surface area contributed by atoms with E-state index in [4.69, 9.17) is 21.3 Å². The summed E-state index contributed by atoms with van der Waals surface area (Å²) in [6, 6.07) is 9.23. The molecule has 0 saturated heterocycles. The van der Waals surface area contributed by atoms with Gasteiger partial charge in [0.2, 0.25) is 5.88 Å². The van der Waals surface area contributed by atoms with Crippen molar-refractivity contribution in [1.82, 2.24) is 29.4 Å². The maximum absolute atomic E-state index is 12.4. The van der Waals surface area contributed by atoms with Crippen LogP contribution in [0.25, 0.3) is 22.6 Å². The molecule has 1 aliphatic rings. The van der Waals surface area contributed by atoms with E-state index in [2.05, 4.69) is 21.9 Å². The minimum Gasteiger partial charge on any atom is -0.470 e. The minimum absolute atomic E-state index is 0.120. The lowest BCUT2D eigenvalue weighted by Gasteiger charge is -2.13. The molecule has 4 aromatic rings. The van der Waals surface area contributed by atoms with Gasteiger partial charge in [0.05, 0.1) is 17.3 Å². The van der Waals surface area contributed by atoms with Crippen LogP contribution in [0.5, 0.6) is 5.88 Å². The average Bonchev–Trinajstić information content (AvgIpc) is 3.41. The number of carbonyl (C=O) groups is 1. The highest BCUT2D eigenvalue weighted by atomic mass is 35.5. The normalized spacial score (nSPS) is 14.3. The molecule has 0 N–H and O–H groups in total. The molecule has 8 nitrogen and oxygen atoms in total. The third kappa shape index (κ3) is 4.21. The van der Waals surface area contributed by atoms with E-state index in [0.29, 0.717) is 45.6 Å². The van der Waals surface area contributed by atoms with E-state index in [1.54, 1.807) is 32.4 Å². The summed E-state index contributed by atoms with van der Waals surface area (Å²) >= 11 is 6.69. The Morgan fingerprint density at radius 3 is 2.65 bits per heavy atom. The number of aromatic nitrogens is 5. The molecule has 0 atom stereocenters. The molecule has 34 heavy (non-hydrogen) atoms. The Morgan fingerprint density at radius 2 is 1.97 bits per heavy atom. The Labute approximate surface area is 202 Å². The number of rotatable bonds is 6.